The molecule has 274 valence electrons. The van der Waals surface area contributed by atoms with Gasteiger partial charge in [-0.3, -0.25) is 19.2 Å². The Morgan fingerprint density at radius 2 is 1.61 bits per heavy atom. The maximum absolute atomic E-state index is 14.1. The SMILES string of the molecule is CC(=O)N[C@H](CS(=O)(=O)Cc1ccc(Cl)cc1)C(=O)N[C@@H](CCc1ccccc1)[C@H](O)C(=O)N1CSC(C)(C)[C@H]1C(=O)NCc1ccccc1C. The first-order valence-electron chi connectivity index (χ1n) is 16.6. The van der Waals surface area contributed by atoms with Crippen LogP contribution in [0, 0.1) is 6.92 Å². The van der Waals surface area contributed by atoms with Gasteiger partial charge in [-0.1, -0.05) is 78.3 Å². The molecule has 1 aliphatic heterocycles. The normalized spacial score (nSPS) is 17.2. The van der Waals surface area contributed by atoms with Crippen molar-refractivity contribution in [3.8, 4) is 0 Å². The largest absolute Gasteiger partial charge is 0.381 e. The first-order chi connectivity index (χ1) is 24.1. The van der Waals surface area contributed by atoms with Crippen LogP contribution in [0.4, 0.5) is 0 Å². The van der Waals surface area contributed by atoms with E-state index < -0.39 is 68.0 Å². The molecule has 11 nitrogen and oxygen atoms in total. The maximum atomic E-state index is 14.1. The van der Waals surface area contributed by atoms with E-state index in [2.05, 4.69) is 16.0 Å². The van der Waals surface area contributed by atoms with E-state index in [0.29, 0.717) is 17.0 Å². The summed E-state index contributed by atoms with van der Waals surface area (Å²) in [4.78, 5) is 54.9. The van der Waals surface area contributed by atoms with Gasteiger partial charge in [-0.25, -0.2) is 8.42 Å². The standard InChI is InChI=1S/C37H45ClN4O7S2/c1-24-10-8-9-13-28(24)20-39-35(46)33-37(3,4)50-23-42(33)36(47)32(44)30(19-16-26-11-6-5-7-12-26)41-34(45)31(40-25(2)43)22-51(48,49)21-27-14-17-29(38)18-15-27/h5-15,17-18,30-33,44H,16,19-23H2,1-4H3,(H,39,46)(H,40,43)(H,41,45)/t30-,31+,32-,33+/m0/s1. The van der Waals surface area contributed by atoms with E-state index in [4.69, 9.17) is 11.6 Å². The Bertz CT molecular complexity index is 1810. The number of hydrogen-bond donors (Lipinski definition) is 4. The molecule has 0 aliphatic carbocycles. The van der Waals surface area contributed by atoms with Crippen LogP contribution in [0.5, 0.6) is 0 Å². The van der Waals surface area contributed by atoms with Gasteiger partial charge in [0, 0.05) is 23.2 Å². The lowest BCUT2D eigenvalue weighted by atomic mass is 9.97. The van der Waals surface area contributed by atoms with Crippen LogP contribution >= 0.6 is 23.4 Å². The third kappa shape index (κ3) is 11.3. The monoisotopic (exact) mass is 756 g/mol. The van der Waals surface area contributed by atoms with E-state index in [1.807, 2.05) is 75.4 Å². The Kier molecular flexibility index (Phi) is 13.7. The summed E-state index contributed by atoms with van der Waals surface area (Å²) in [6.45, 7) is 7.07. The van der Waals surface area contributed by atoms with Crippen molar-refractivity contribution in [2.75, 3.05) is 11.6 Å². The molecule has 0 spiro atoms. The van der Waals surface area contributed by atoms with E-state index in [0.717, 1.165) is 23.6 Å². The molecule has 1 heterocycles. The molecule has 4 atom stereocenters. The van der Waals surface area contributed by atoms with Crippen LogP contribution in [0.2, 0.25) is 5.02 Å². The fraction of sp³-hybridized carbons (Fsp3) is 0.405. The van der Waals surface area contributed by atoms with Gasteiger partial charge in [-0.2, -0.15) is 0 Å². The summed E-state index contributed by atoms with van der Waals surface area (Å²) < 4.78 is 25.7. The van der Waals surface area contributed by atoms with E-state index in [1.165, 1.54) is 16.7 Å². The molecule has 1 aliphatic rings. The number of nitrogens with zero attached hydrogens (tertiary/aromatic N) is 1. The molecule has 0 radical (unpaired) electrons. The molecule has 0 bridgehead atoms. The summed E-state index contributed by atoms with van der Waals surface area (Å²) in [5, 5.41) is 20.1. The molecule has 14 heteroatoms. The van der Waals surface area contributed by atoms with Gasteiger partial charge < -0.3 is 26.0 Å². The van der Waals surface area contributed by atoms with Gasteiger partial charge in [0.15, 0.2) is 15.9 Å². The molecule has 0 unspecified atom stereocenters. The number of nitrogens with one attached hydrogen (secondary N) is 3. The number of halogens is 1. The van der Waals surface area contributed by atoms with Gasteiger partial charge in [-0.05, 0) is 68.0 Å². The van der Waals surface area contributed by atoms with Crippen molar-refractivity contribution in [2.24, 2.45) is 0 Å². The Morgan fingerprint density at radius 1 is 0.961 bits per heavy atom. The Hall–Kier alpha value is -3.91. The van der Waals surface area contributed by atoms with Crippen molar-refractivity contribution >= 4 is 56.8 Å². The number of carbonyl (C=O) groups is 4. The van der Waals surface area contributed by atoms with Crippen molar-refractivity contribution in [2.45, 2.75) is 81.8 Å². The highest BCUT2D eigenvalue weighted by Gasteiger charge is 2.50. The molecular formula is C37H45ClN4O7S2. The molecule has 51 heavy (non-hydrogen) atoms. The van der Waals surface area contributed by atoms with Crippen LogP contribution in [-0.4, -0.2) is 82.7 Å². The number of sulfone groups is 1. The Morgan fingerprint density at radius 3 is 2.25 bits per heavy atom. The fourth-order valence-corrected chi connectivity index (χ4v) is 8.80. The highest BCUT2D eigenvalue weighted by molar-refractivity contribution is 8.00. The van der Waals surface area contributed by atoms with Crippen LogP contribution in [-0.2, 0) is 47.7 Å². The zero-order chi connectivity index (χ0) is 37.3. The summed E-state index contributed by atoms with van der Waals surface area (Å²) in [6, 6.07) is 19.5. The molecule has 4 amide bonds. The lowest BCUT2D eigenvalue weighted by molar-refractivity contribution is -0.148. The number of thioether (sulfide) groups is 1. The number of carbonyl (C=O) groups excluding carboxylic acids is 4. The van der Waals surface area contributed by atoms with Crippen molar-refractivity contribution in [1.29, 1.82) is 0 Å². The van der Waals surface area contributed by atoms with Crippen LogP contribution in [0.3, 0.4) is 0 Å². The summed E-state index contributed by atoms with van der Waals surface area (Å²) in [5.41, 5.74) is 3.27. The first kappa shape index (κ1) is 39.9. The highest BCUT2D eigenvalue weighted by Crippen LogP contribution is 2.40. The van der Waals surface area contributed by atoms with E-state index >= 15 is 0 Å². The maximum Gasteiger partial charge on any atom is 0.254 e. The predicted molar refractivity (Wildman–Crippen MR) is 199 cm³/mol. The zero-order valence-corrected chi connectivity index (χ0v) is 31.5. The smallest absolute Gasteiger partial charge is 0.254 e. The molecule has 3 aromatic rings. The molecular weight excluding hydrogens is 712 g/mol. The molecule has 4 N–H and O–H groups in total. The quantitative estimate of drug-likeness (QED) is 0.183. The average molecular weight is 757 g/mol. The summed E-state index contributed by atoms with van der Waals surface area (Å²) in [7, 11) is -3.94. The highest BCUT2D eigenvalue weighted by atomic mass is 35.5. The molecule has 3 aromatic carbocycles. The van der Waals surface area contributed by atoms with Crippen molar-refractivity contribution < 1.29 is 32.7 Å². The van der Waals surface area contributed by atoms with Crippen LogP contribution in [0.25, 0.3) is 0 Å². The molecule has 0 saturated carbocycles. The fourth-order valence-electron chi connectivity index (χ4n) is 5.98. The van der Waals surface area contributed by atoms with E-state index in [9.17, 15) is 32.7 Å². The van der Waals surface area contributed by atoms with E-state index in [-0.39, 0.29) is 24.7 Å². The summed E-state index contributed by atoms with van der Waals surface area (Å²) >= 11 is 7.32. The second kappa shape index (κ2) is 17.5. The van der Waals surface area contributed by atoms with Crippen molar-refractivity contribution in [3.63, 3.8) is 0 Å². The molecule has 4 rings (SSSR count). The third-order valence-electron chi connectivity index (χ3n) is 8.75. The van der Waals surface area contributed by atoms with Gasteiger partial charge in [0.25, 0.3) is 5.91 Å². The minimum Gasteiger partial charge on any atom is -0.381 e. The average Bonchev–Trinajstić information content (AvgIpc) is 3.40. The van der Waals surface area contributed by atoms with Gasteiger partial charge in [0.1, 0.15) is 12.1 Å². The predicted octanol–water partition coefficient (Wildman–Crippen LogP) is 3.54. The molecule has 1 fully saturated rings. The number of aliphatic hydroxyl groups excluding tert-OH is 1. The minimum atomic E-state index is -3.94. The molecule has 0 aromatic heterocycles. The number of aryl methyl sites for hydroxylation is 2. The Labute approximate surface area is 308 Å². The lowest BCUT2D eigenvalue weighted by Crippen LogP contribution is -2.60. The second-order valence-electron chi connectivity index (χ2n) is 13.3. The number of rotatable bonds is 15. The van der Waals surface area contributed by atoms with Gasteiger partial charge in [0.05, 0.1) is 23.4 Å². The van der Waals surface area contributed by atoms with Crippen LogP contribution in [0.1, 0.15) is 49.4 Å². The van der Waals surface area contributed by atoms with Crippen molar-refractivity contribution in [3.05, 3.63) is 106 Å². The van der Waals surface area contributed by atoms with Gasteiger partial charge >= 0.3 is 0 Å². The van der Waals surface area contributed by atoms with Crippen molar-refractivity contribution in [1.82, 2.24) is 20.9 Å². The second-order valence-corrected chi connectivity index (χ2v) is 17.4. The Balaban J connectivity index is 1.55. The molecule has 1 saturated heterocycles. The van der Waals surface area contributed by atoms with Crippen LogP contribution in [0.15, 0.2) is 78.9 Å². The lowest BCUT2D eigenvalue weighted by Gasteiger charge is -2.33. The van der Waals surface area contributed by atoms with Crippen LogP contribution < -0.4 is 16.0 Å². The number of amides is 4. The zero-order valence-electron chi connectivity index (χ0n) is 29.1. The number of aliphatic hydroxyl groups is 1. The van der Waals surface area contributed by atoms with Gasteiger partial charge in [0.2, 0.25) is 17.7 Å². The summed E-state index contributed by atoms with van der Waals surface area (Å²) in [5.74, 6) is -3.65. The minimum absolute atomic E-state index is 0.0987. The number of benzene rings is 3. The first-order valence-corrected chi connectivity index (χ1v) is 19.8. The number of hydrogen-bond acceptors (Lipinski definition) is 8. The van der Waals surface area contributed by atoms with Gasteiger partial charge in [-0.15, -0.1) is 11.8 Å². The van der Waals surface area contributed by atoms with E-state index in [1.54, 1.807) is 24.3 Å². The summed E-state index contributed by atoms with van der Waals surface area (Å²) in [6.07, 6.45) is -1.33. The topological polar surface area (TPSA) is 162 Å². The third-order valence-corrected chi connectivity index (χ3v) is 12.0.